The van der Waals surface area contributed by atoms with Crippen molar-refractivity contribution in [3.8, 4) is 0 Å². The van der Waals surface area contributed by atoms with E-state index in [0.29, 0.717) is 0 Å². The summed E-state index contributed by atoms with van der Waals surface area (Å²) in [6.45, 7) is 10.2. The van der Waals surface area contributed by atoms with Crippen LogP contribution in [0.5, 0.6) is 0 Å². The van der Waals surface area contributed by atoms with E-state index in [4.69, 9.17) is 0 Å². The lowest BCUT2D eigenvalue weighted by Crippen LogP contribution is -2.45. The Kier molecular flexibility index (Phi) is 6.45. The molecule has 1 aliphatic rings. The van der Waals surface area contributed by atoms with Crippen LogP contribution in [0.2, 0.25) is 0 Å². The molecule has 3 nitrogen and oxygen atoms in total. The molecule has 1 rings (SSSR count). The maximum atomic E-state index is 9.40. The van der Waals surface area contributed by atoms with Gasteiger partial charge in [0.05, 0.1) is 6.61 Å². The lowest BCUT2D eigenvalue weighted by atomic mass is 9.95. The molecule has 1 saturated heterocycles. The Morgan fingerprint density at radius 2 is 2.18 bits per heavy atom. The first-order chi connectivity index (χ1) is 8.11. The van der Waals surface area contributed by atoms with Crippen LogP contribution < -0.4 is 5.32 Å². The minimum Gasteiger partial charge on any atom is -0.394 e. The van der Waals surface area contributed by atoms with Gasteiger partial charge in [-0.25, -0.2) is 0 Å². The number of nitrogens with one attached hydrogen (secondary N) is 1. The fraction of sp³-hybridized carbons (Fsp3) is 1.00. The number of rotatable bonds is 8. The van der Waals surface area contributed by atoms with Gasteiger partial charge in [-0.3, -0.25) is 0 Å². The Bertz CT molecular complexity index is 210. The standard InChI is InChI=1S/C14H30N2O/c1-4-15-14(3,12-17)9-5-6-10-16-11-7-8-13(16)2/h13,15,17H,4-12H2,1-3H3. The van der Waals surface area contributed by atoms with Crippen molar-refractivity contribution in [2.45, 2.75) is 64.5 Å². The molecule has 3 heteroatoms. The Morgan fingerprint density at radius 3 is 2.71 bits per heavy atom. The van der Waals surface area contributed by atoms with Crippen LogP contribution in [0.25, 0.3) is 0 Å². The van der Waals surface area contributed by atoms with Gasteiger partial charge in [-0.2, -0.15) is 0 Å². The third kappa shape index (κ3) is 4.94. The minimum absolute atomic E-state index is 0.0780. The molecule has 2 N–H and O–H groups in total. The van der Waals surface area contributed by atoms with Crippen LogP contribution in [0.3, 0.4) is 0 Å². The number of nitrogens with zero attached hydrogens (tertiary/aromatic N) is 1. The number of aliphatic hydroxyl groups is 1. The molecular weight excluding hydrogens is 212 g/mol. The molecule has 0 aromatic heterocycles. The van der Waals surface area contributed by atoms with Crippen molar-refractivity contribution in [3.05, 3.63) is 0 Å². The maximum absolute atomic E-state index is 9.40. The molecule has 0 aromatic carbocycles. The largest absolute Gasteiger partial charge is 0.394 e. The second kappa shape index (κ2) is 7.34. The first kappa shape index (κ1) is 14.9. The summed E-state index contributed by atoms with van der Waals surface area (Å²) in [5.41, 5.74) is -0.0780. The summed E-state index contributed by atoms with van der Waals surface area (Å²) in [5.74, 6) is 0. The van der Waals surface area contributed by atoms with Crippen molar-refractivity contribution in [1.82, 2.24) is 10.2 Å². The summed E-state index contributed by atoms with van der Waals surface area (Å²) in [4.78, 5) is 2.60. The highest BCUT2D eigenvalue weighted by Gasteiger charge is 2.22. The SMILES string of the molecule is CCNC(C)(CO)CCCCN1CCCC1C. The summed E-state index contributed by atoms with van der Waals surface area (Å²) in [6, 6.07) is 0.785. The van der Waals surface area contributed by atoms with Gasteiger partial charge < -0.3 is 15.3 Å². The van der Waals surface area contributed by atoms with Crippen molar-refractivity contribution < 1.29 is 5.11 Å². The first-order valence-electron chi connectivity index (χ1n) is 7.21. The number of hydrogen-bond acceptors (Lipinski definition) is 3. The van der Waals surface area contributed by atoms with Gasteiger partial charge in [-0.05, 0) is 59.2 Å². The van der Waals surface area contributed by atoms with E-state index in [2.05, 4.69) is 31.0 Å². The Morgan fingerprint density at radius 1 is 1.41 bits per heavy atom. The van der Waals surface area contributed by atoms with Gasteiger partial charge >= 0.3 is 0 Å². The second-order valence-corrected chi connectivity index (χ2v) is 5.73. The topological polar surface area (TPSA) is 35.5 Å². The van der Waals surface area contributed by atoms with Gasteiger partial charge in [0.2, 0.25) is 0 Å². The smallest absolute Gasteiger partial charge is 0.0610 e. The van der Waals surface area contributed by atoms with E-state index in [0.717, 1.165) is 19.0 Å². The maximum Gasteiger partial charge on any atom is 0.0610 e. The highest BCUT2D eigenvalue weighted by Crippen LogP contribution is 2.18. The summed E-state index contributed by atoms with van der Waals surface area (Å²) >= 11 is 0. The van der Waals surface area contributed by atoms with Crippen molar-refractivity contribution in [1.29, 1.82) is 0 Å². The van der Waals surface area contributed by atoms with Crippen molar-refractivity contribution in [2.24, 2.45) is 0 Å². The first-order valence-corrected chi connectivity index (χ1v) is 7.21. The van der Waals surface area contributed by atoms with E-state index in [9.17, 15) is 5.11 Å². The van der Waals surface area contributed by atoms with Gasteiger partial charge in [-0.1, -0.05) is 13.3 Å². The normalized spacial score (nSPS) is 25.1. The molecule has 0 radical (unpaired) electrons. The lowest BCUT2D eigenvalue weighted by Gasteiger charge is -2.29. The Labute approximate surface area is 107 Å². The summed E-state index contributed by atoms with van der Waals surface area (Å²) < 4.78 is 0. The monoisotopic (exact) mass is 242 g/mol. The van der Waals surface area contributed by atoms with E-state index < -0.39 is 0 Å². The molecule has 1 aliphatic heterocycles. The zero-order valence-corrected chi connectivity index (χ0v) is 11.8. The zero-order chi connectivity index (χ0) is 12.7. The van der Waals surface area contributed by atoms with Gasteiger partial charge in [0, 0.05) is 11.6 Å². The van der Waals surface area contributed by atoms with Crippen LogP contribution in [0.4, 0.5) is 0 Å². The third-order valence-electron chi connectivity index (χ3n) is 4.07. The molecule has 102 valence electrons. The zero-order valence-electron chi connectivity index (χ0n) is 11.8. The predicted molar refractivity (Wildman–Crippen MR) is 73.3 cm³/mol. The average Bonchev–Trinajstić information content (AvgIpc) is 2.71. The van der Waals surface area contributed by atoms with Crippen LogP contribution in [0, 0.1) is 0 Å². The molecule has 0 bridgehead atoms. The van der Waals surface area contributed by atoms with Gasteiger partial charge in [-0.15, -0.1) is 0 Å². The molecule has 0 aromatic rings. The number of likely N-dealkylation sites (N-methyl/N-ethyl adjacent to an activating group) is 1. The Hall–Kier alpha value is -0.120. The number of likely N-dealkylation sites (tertiary alicyclic amines) is 1. The van der Waals surface area contributed by atoms with E-state index in [1.54, 1.807) is 0 Å². The molecule has 0 saturated carbocycles. The van der Waals surface area contributed by atoms with Crippen molar-refractivity contribution >= 4 is 0 Å². The number of hydrogen-bond donors (Lipinski definition) is 2. The van der Waals surface area contributed by atoms with Crippen LogP contribution >= 0.6 is 0 Å². The van der Waals surface area contributed by atoms with Crippen LogP contribution in [0.15, 0.2) is 0 Å². The van der Waals surface area contributed by atoms with Crippen LogP contribution in [-0.4, -0.2) is 47.8 Å². The van der Waals surface area contributed by atoms with Gasteiger partial charge in [0.1, 0.15) is 0 Å². The average molecular weight is 242 g/mol. The second-order valence-electron chi connectivity index (χ2n) is 5.73. The summed E-state index contributed by atoms with van der Waals surface area (Å²) in [6.07, 6.45) is 6.26. The summed E-state index contributed by atoms with van der Waals surface area (Å²) in [5, 5.41) is 12.8. The molecular formula is C14H30N2O. The fourth-order valence-corrected chi connectivity index (χ4v) is 2.81. The quantitative estimate of drug-likeness (QED) is 0.639. The van der Waals surface area contributed by atoms with E-state index in [1.807, 2.05) is 0 Å². The highest BCUT2D eigenvalue weighted by atomic mass is 16.3. The van der Waals surface area contributed by atoms with E-state index in [1.165, 1.54) is 38.8 Å². The fourth-order valence-electron chi connectivity index (χ4n) is 2.81. The molecule has 2 atom stereocenters. The minimum atomic E-state index is -0.0780. The van der Waals surface area contributed by atoms with E-state index in [-0.39, 0.29) is 12.1 Å². The molecule has 17 heavy (non-hydrogen) atoms. The molecule has 0 amide bonds. The number of unbranched alkanes of at least 4 members (excludes halogenated alkanes) is 1. The van der Waals surface area contributed by atoms with E-state index >= 15 is 0 Å². The van der Waals surface area contributed by atoms with Gasteiger partial charge in [0.15, 0.2) is 0 Å². The lowest BCUT2D eigenvalue weighted by molar-refractivity contribution is 0.162. The van der Waals surface area contributed by atoms with Crippen LogP contribution in [-0.2, 0) is 0 Å². The van der Waals surface area contributed by atoms with Crippen molar-refractivity contribution in [2.75, 3.05) is 26.2 Å². The molecule has 1 heterocycles. The molecule has 0 aliphatic carbocycles. The van der Waals surface area contributed by atoms with Crippen molar-refractivity contribution in [3.63, 3.8) is 0 Å². The summed E-state index contributed by atoms with van der Waals surface area (Å²) in [7, 11) is 0. The molecule has 0 spiro atoms. The predicted octanol–water partition coefficient (Wildman–Crippen LogP) is 2.00. The van der Waals surface area contributed by atoms with Gasteiger partial charge in [0.25, 0.3) is 0 Å². The Balaban J connectivity index is 2.14. The highest BCUT2D eigenvalue weighted by molar-refractivity contribution is 4.82. The van der Waals surface area contributed by atoms with Crippen LogP contribution in [0.1, 0.15) is 52.9 Å². The molecule has 2 unspecified atom stereocenters. The third-order valence-corrected chi connectivity index (χ3v) is 4.07. The molecule has 1 fully saturated rings. The number of aliphatic hydroxyl groups excluding tert-OH is 1.